The highest BCUT2D eigenvalue weighted by atomic mass is 16.5. The Morgan fingerprint density at radius 1 is 1.07 bits per heavy atom. The van der Waals surface area contributed by atoms with Gasteiger partial charge in [0.25, 0.3) is 11.8 Å². The monoisotopic (exact) mass is 413 g/mol. The summed E-state index contributed by atoms with van der Waals surface area (Å²) in [5.41, 5.74) is 0.487. The van der Waals surface area contributed by atoms with Gasteiger partial charge in [-0.3, -0.25) is 4.79 Å². The van der Waals surface area contributed by atoms with Gasteiger partial charge in [0.05, 0.1) is 27.6 Å². The Hall–Kier alpha value is -3.49. The van der Waals surface area contributed by atoms with Gasteiger partial charge >= 0.3 is 0 Å². The first-order valence-electron chi connectivity index (χ1n) is 9.61. The predicted octanol–water partition coefficient (Wildman–Crippen LogP) is 3.38. The molecule has 3 aromatic rings. The molecule has 0 bridgehead atoms. The molecule has 9 nitrogen and oxygen atoms in total. The number of piperidine rings is 1. The molecule has 0 saturated carbocycles. The summed E-state index contributed by atoms with van der Waals surface area (Å²) in [6.45, 7) is 1.16. The zero-order valence-electron chi connectivity index (χ0n) is 17.1. The van der Waals surface area contributed by atoms with Crippen molar-refractivity contribution in [1.82, 2.24) is 15.1 Å². The minimum atomic E-state index is -0.0884. The number of aromatic nitrogens is 2. The van der Waals surface area contributed by atoms with E-state index in [1.807, 2.05) is 0 Å². The maximum atomic E-state index is 13.0. The summed E-state index contributed by atoms with van der Waals surface area (Å²) >= 11 is 0. The van der Waals surface area contributed by atoms with Crippen molar-refractivity contribution in [3.63, 3.8) is 0 Å². The highest BCUT2D eigenvalue weighted by Crippen LogP contribution is 2.39. The number of methoxy groups -OCH3 is 3. The van der Waals surface area contributed by atoms with Gasteiger partial charge in [-0.25, -0.2) is 0 Å². The summed E-state index contributed by atoms with van der Waals surface area (Å²) in [5.74, 6) is 2.85. The van der Waals surface area contributed by atoms with Gasteiger partial charge in [0.15, 0.2) is 17.3 Å². The maximum absolute atomic E-state index is 13.0. The van der Waals surface area contributed by atoms with Crippen LogP contribution in [0.15, 0.2) is 39.4 Å². The van der Waals surface area contributed by atoms with Crippen molar-refractivity contribution in [3.8, 4) is 28.9 Å². The summed E-state index contributed by atoms with van der Waals surface area (Å²) in [7, 11) is 4.58. The molecule has 0 radical (unpaired) electrons. The standard InChI is InChI=1S/C21H23N3O6/c1-26-16-11-14(12-17(27-2)18(16)28-3)21(25)24-8-6-13(7-9-24)19-22-23-20(30-19)15-5-4-10-29-15/h4-5,10-13H,6-9H2,1-3H3. The fourth-order valence-corrected chi connectivity index (χ4v) is 3.62. The Kier molecular flexibility index (Phi) is 5.60. The molecule has 0 unspecified atom stereocenters. The van der Waals surface area contributed by atoms with E-state index in [4.69, 9.17) is 23.0 Å². The first-order chi connectivity index (χ1) is 14.6. The van der Waals surface area contributed by atoms with Gasteiger partial charge in [0, 0.05) is 24.6 Å². The molecule has 1 fully saturated rings. The Balaban J connectivity index is 1.45. The SMILES string of the molecule is COc1cc(C(=O)N2CCC(c3nnc(-c4ccco4)o3)CC2)cc(OC)c1OC. The van der Waals surface area contributed by atoms with Crippen molar-refractivity contribution in [1.29, 1.82) is 0 Å². The van der Waals surface area contributed by atoms with Crippen LogP contribution in [0.25, 0.3) is 11.7 Å². The second kappa shape index (κ2) is 8.48. The fourth-order valence-electron chi connectivity index (χ4n) is 3.62. The van der Waals surface area contributed by atoms with Crippen LogP contribution in [0.4, 0.5) is 0 Å². The molecule has 9 heteroatoms. The van der Waals surface area contributed by atoms with E-state index in [1.165, 1.54) is 21.3 Å². The highest BCUT2D eigenvalue weighted by Gasteiger charge is 2.29. The summed E-state index contributed by atoms with van der Waals surface area (Å²) in [4.78, 5) is 14.9. The number of nitrogens with zero attached hydrogens (tertiary/aromatic N) is 3. The van der Waals surface area contributed by atoms with Crippen LogP contribution in [-0.4, -0.2) is 55.4 Å². The van der Waals surface area contributed by atoms with E-state index < -0.39 is 0 Å². The number of hydrogen-bond donors (Lipinski definition) is 0. The average Bonchev–Trinajstić information content (AvgIpc) is 3.49. The lowest BCUT2D eigenvalue weighted by molar-refractivity contribution is 0.0705. The van der Waals surface area contributed by atoms with Crippen LogP contribution in [0, 0.1) is 0 Å². The Labute approximate surface area is 173 Å². The number of rotatable bonds is 6. The molecule has 0 spiro atoms. The fraction of sp³-hybridized carbons (Fsp3) is 0.381. The van der Waals surface area contributed by atoms with Crippen LogP contribution in [-0.2, 0) is 0 Å². The van der Waals surface area contributed by atoms with E-state index in [9.17, 15) is 4.79 Å². The van der Waals surface area contributed by atoms with Crippen molar-refractivity contribution in [2.24, 2.45) is 0 Å². The summed E-state index contributed by atoms with van der Waals surface area (Å²) in [6, 6.07) is 6.88. The smallest absolute Gasteiger partial charge is 0.283 e. The van der Waals surface area contributed by atoms with Gasteiger partial charge in [0.2, 0.25) is 11.6 Å². The van der Waals surface area contributed by atoms with E-state index in [-0.39, 0.29) is 11.8 Å². The van der Waals surface area contributed by atoms with E-state index in [0.29, 0.717) is 53.4 Å². The number of ether oxygens (including phenoxy) is 3. The summed E-state index contributed by atoms with van der Waals surface area (Å²) in [6.07, 6.45) is 3.03. The molecular weight excluding hydrogens is 390 g/mol. The van der Waals surface area contributed by atoms with Crippen molar-refractivity contribution in [3.05, 3.63) is 42.0 Å². The molecule has 1 saturated heterocycles. The lowest BCUT2D eigenvalue weighted by Gasteiger charge is -2.30. The average molecular weight is 413 g/mol. The molecule has 1 aromatic carbocycles. The first-order valence-corrected chi connectivity index (χ1v) is 9.61. The van der Waals surface area contributed by atoms with Gasteiger partial charge in [-0.2, -0.15) is 0 Å². The molecule has 158 valence electrons. The quantitative estimate of drug-likeness (QED) is 0.606. The molecular formula is C21H23N3O6. The van der Waals surface area contributed by atoms with Crippen molar-refractivity contribution < 1.29 is 27.8 Å². The zero-order valence-corrected chi connectivity index (χ0v) is 17.1. The second-order valence-electron chi connectivity index (χ2n) is 6.90. The third-order valence-electron chi connectivity index (χ3n) is 5.22. The van der Waals surface area contributed by atoms with Gasteiger partial charge in [-0.1, -0.05) is 0 Å². The molecule has 4 rings (SSSR count). The van der Waals surface area contributed by atoms with Crippen LogP contribution >= 0.6 is 0 Å². The molecule has 2 aromatic heterocycles. The van der Waals surface area contributed by atoms with Crippen LogP contribution in [0.1, 0.15) is 35.0 Å². The molecule has 0 atom stereocenters. The third kappa shape index (κ3) is 3.70. The number of amides is 1. The molecule has 3 heterocycles. The first kappa shape index (κ1) is 19.8. The van der Waals surface area contributed by atoms with E-state index in [0.717, 1.165) is 12.8 Å². The van der Waals surface area contributed by atoms with Crippen molar-refractivity contribution in [2.75, 3.05) is 34.4 Å². The molecule has 0 N–H and O–H groups in total. The normalized spacial score (nSPS) is 14.6. The number of benzene rings is 1. The Bertz CT molecular complexity index is 981. The lowest BCUT2D eigenvalue weighted by atomic mass is 9.96. The molecule has 1 aliphatic rings. The van der Waals surface area contributed by atoms with Crippen molar-refractivity contribution in [2.45, 2.75) is 18.8 Å². The number of carbonyl (C=O) groups is 1. The molecule has 1 amide bonds. The minimum Gasteiger partial charge on any atom is -0.493 e. The largest absolute Gasteiger partial charge is 0.493 e. The molecule has 1 aliphatic heterocycles. The van der Waals surface area contributed by atoms with Gasteiger partial charge in [-0.05, 0) is 37.1 Å². The van der Waals surface area contributed by atoms with Crippen LogP contribution in [0.3, 0.4) is 0 Å². The Morgan fingerprint density at radius 3 is 2.33 bits per heavy atom. The van der Waals surface area contributed by atoms with E-state index in [2.05, 4.69) is 10.2 Å². The maximum Gasteiger partial charge on any atom is 0.283 e. The topological polar surface area (TPSA) is 100 Å². The van der Waals surface area contributed by atoms with Crippen LogP contribution < -0.4 is 14.2 Å². The Morgan fingerprint density at radius 2 is 1.77 bits per heavy atom. The molecule has 30 heavy (non-hydrogen) atoms. The summed E-state index contributed by atoms with van der Waals surface area (Å²) < 4.78 is 27.1. The van der Waals surface area contributed by atoms with E-state index in [1.54, 1.807) is 35.4 Å². The predicted molar refractivity (Wildman–Crippen MR) is 106 cm³/mol. The van der Waals surface area contributed by atoms with Crippen LogP contribution in [0.5, 0.6) is 17.2 Å². The minimum absolute atomic E-state index is 0.0884. The second-order valence-corrected chi connectivity index (χ2v) is 6.90. The van der Waals surface area contributed by atoms with Crippen molar-refractivity contribution >= 4 is 5.91 Å². The lowest BCUT2D eigenvalue weighted by Crippen LogP contribution is -2.38. The van der Waals surface area contributed by atoms with Gasteiger partial charge < -0.3 is 27.9 Å². The van der Waals surface area contributed by atoms with Gasteiger partial charge in [0.1, 0.15) is 0 Å². The zero-order chi connectivity index (χ0) is 21.1. The summed E-state index contributed by atoms with van der Waals surface area (Å²) in [5, 5.41) is 8.22. The molecule has 0 aliphatic carbocycles. The number of likely N-dealkylation sites (tertiary alicyclic amines) is 1. The van der Waals surface area contributed by atoms with E-state index >= 15 is 0 Å². The number of furan rings is 1. The third-order valence-corrected chi connectivity index (χ3v) is 5.22. The van der Waals surface area contributed by atoms with Crippen LogP contribution in [0.2, 0.25) is 0 Å². The van der Waals surface area contributed by atoms with Gasteiger partial charge in [-0.15, -0.1) is 10.2 Å². The number of carbonyl (C=O) groups excluding carboxylic acids is 1. The number of hydrogen-bond acceptors (Lipinski definition) is 8. The highest BCUT2D eigenvalue weighted by molar-refractivity contribution is 5.95.